The zero-order valence-electron chi connectivity index (χ0n) is 13.7. The molecule has 1 aromatic heterocycles. The van der Waals surface area contributed by atoms with E-state index in [0.29, 0.717) is 13.2 Å². The molecule has 3 rings (SSSR count). The number of ether oxygens (including phenoxy) is 2. The Morgan fingerprint density at radius 3 is 2.79 bits per heavy atom. The summed E-state index contributed by atoms with van der Waals surface area (Å²) in [7, 11) is 0. The number of nitrogens with zero attached hydrogens (tertiary/aromatic N) is 1. The summed E-state index contributed by atoms with van der Waals surface area (Å²) >= 11 is 1.75. The van der Waals surface area contributed by atoms with Crippen LogP contribution in [0.15, 0.2) is 48.8 Å². The first kappa shape index (κ1) is 16.8. The van der Waals surface area contributed by atoms with Crippen LogP contribution >= 0.6 is 11.8 Å². The fourth-order valence-corrected chi connectivity index (χ4v) is 3.16. The normalized spacial score (nSPS) is 17.3. The number of hydrogen-bond acceptors (Lipinski definition) is 4. The zero-order chi connectivity index (χ0) is 16.8. The molecule has 5 nitrogen and oxygen atoms in total. The van der Waals surface area contributed by atoms with E-state index in [1.807, 2.05) is 53.4 Å². The number of hydrogen-bond donors (Lipinski definition) is 1. The fourth-order valence-electron chi connectivity index (χ4n) is 2.70. The maximum absolute atomic E-state index is 12.6. The molecule has 0 fully saturated rings. The monoisotopic (exact) mass is 346 g/mol. The average molecular weight is 346 g/mol. The third kappa shape index (κ3) is 4.06. The third-order valence-corrected chi connectivity index (χ3v) is 4.60. The zero-order valence-corrected chi connectivity index (χ0v) is 14.5. The van der Waals surface area contributed by atoms with Gasteiger partial charge >= 0.3 is 0 Å². The van der Waals surface area contributed by atoms with Crippen molar-refractivity contribution in [3.8, 4) is 11.5 Å². The average Bonchev–Trinajstić information content (AvgIpc) is 3.14. The first-order chi connectivity index (χ1) is 11.8. The highest BCUT2D eigenvalue weighted by molar-refractivity contribution is 7.98. The summed E-state index contributed by atoms with van der Waals surface area (Å²) in [5.74, 6) is 2.44. The van der Waals surface area contributed by atoms with Gasteiger partial charge in [-0.2, -0.15) is 11.8 Å². The van der Waals surface area contributed by atoms with Gasteiger partial charge in [0, 0.05) is 12.4 Å². The number of amides is 1. The number of nitrogens with one attached hydrogen (secondary N) is 1. The van der Waals surface area contributed by atoms with Gasteiger partial charge in [0.2, 0.25) is 5.91 Å². The lowest BCUT2D eigenvalue weighted by molar-refractivity contribution is -0.124. The second kappa shape index (κ2) is 8.15. The van der Waals surface area contributed by atoms with Crippen molar-refractivity contribution in [2.24, 2.45) is 0 Å². The molecule has 0 spiro atoms. The van der Waals surface area contributed by atoms with E-state index in [-0.39, 0.29) is 18.1 Å². The first-order valence-corrected chi connectivity index (χ1v) is 9.45. The van der Waals surface area contributed by atoms with Crippen LogP contribution < -0.4 is 14.8 Å². The number of para-hydroxylation sites is 2. The summed E-state index contributed by atoms with van der Waals surface area (Å²) < 4.78 is 13.5. The fraction of sp³-hybridized carbons (Fsp3) is 0.389. The SMILES string of the molecule is CSCC[C@@H](C(=O)NCC1COc2ccccc2O1)n1cccc1. The lowest BCUT2D eigenvalue weighted by Crippen LogP contribution is -2.43. The lowest BCUT2D eigenvalue weighted by atomic mass is 10.2. The van der Waals surface area contributed by atoms with E-state index in [1.165, 1.54) is 0 Å². The van der Waals surface area contributed by atoms with Gasteiger partial charge in [-0.25, -0.2) is 0 Å². The highest BCUT2D eigenvalue weighted by Crippen LogP contribution is 2.30. The first-order valence-electron chi connectivity index (χ1n) is 8.05. The van der Waals surface area contributed by atoms with Crippen LogP contribution in [0.4, 0.5) is 0 Å². The molecule has 0 saturated carbocycles. The Bertz CT molecular complexity index is 660. The standard InChI is InChI=1S/C18H22N2O3S/c1-24-11-8-15(20-9-4-5-10-20)18(21)19-12-14-13-22-16-6-2-3-7-17(16)23-14/h2-7,9-10,14-15H,8,11-13H2,1H3,(H,19,21)/t14?,15-/m0/s1. The van der Waals surface area contributed by atoms with E-state index in [0.717, 1.165) is 23.7 Å². The van der Waals surface area contributed by atoms with Crippen LogP contribution in [0, 0.1) is 0 Å². The van der Waals surface area contributed by atoms with E-state index < -0.39 is 0 Å². The maximum atomic E-state index is 12.6. The number of benzene rings is 1. The third-order valence-electron chi connectivity index (χ3n) is 3.96. The second-order valence-corrected chi connectivity index (χ2v) is 6.66. The van der Waals surface area contributed by atoms with Crippen molar-refractivity contribution < 1.29 is 14.3 Å². The van der Waals surface area contributed by atoms with Crippen molar-refractivity contribution >= 4 is 17.7 Å². The molecule has 6 heteroatoms. The highest BCUT2D eigenvalue weighted by atomic mass is 32.2. The van der Waals surface area contributed by atoms with E-state index in [9.17, 15) is 4.79 Å². The molecule has 0 radical (unpaired) electrons. The summed E-state index contributed by atoms with van der Waals surface area (Å²) in [5.41, 5.74) is 0. The molecule has 1 aromatic carbocycles. The number of rotatable bonds is 7. The van der Waals surface area contributed by atoms with Gasteiger partial charge in [-0.3, -0.25) is 4.79 Å². The van der Waals surface area contributed by atoms with Crippen molar-refractivity contribution in [3.63, 3.8) is 0 Å². The molecule has 0 bridgehead atoms. The van der Waals surface area contributed by atoms with Gasteiger partial charge in [0.15, 0.2) is 11.5 Å². The Kier molecular flexibility index (Phi) is 5.69. The van der Waals surface area contributed by atoms with E-state index in [2.05, 4.69) is 11.6 Å². The second-order valence-electron chi connectivity index (χ2n) is 5.67. The Labute approximate surface area is 146 Å². The Morgan fingerprint density at radius 2 is 2.04 bits per heavy atom. The van der Waals surface area contributed by atoms with Crippen LogP contribution in [0.1, 0.15) is 12.5 Å². The van der Waals surface area contributed by atoms with Crippen LogP contribution in [-0.4, -0.2) is 41.7 Å². The maximum Gasteiger partial charge on any atom is 0.243 e. The summed E-state index contributed by atoms with van der Waals surface area (Å²) in [4.78, 5) is 12.6. The quantitative estimate of drug-likeness (QED) is 0.838. The minimum absolute atomic E-state index is 0.0164. The van der Waals surface area contributed by atoms with E-state index in [4.69, 9.17) is 9.47 Å². The van der Waals surface area contributed by atoms with Gasteiger partial charge in [-0.1, -0.05) is 12.1 Å². The Hall–Kier alpha value is -2.08. The topological polar surface area (TPSA) is 52.5 Å². The van der Waals surface area contributed by atoms with Crippen molar-refractivity contribution in [1.29, 1.82) is 0 Å². The Balaban J connectivity index is 1.56. The minimum Gasteiger partial charge on any atom is -0.486 e. The van der Waals surface area contributed by atoms with Crippen LogP contribution in [-0.2, 0) is 4.79 Å². The molecule has 2 heterocycles. The number of aromatic nitrogens is 1. The molecule has 1 unspecified atom stereocenters. The van der Waals surface area contributed by atoms with Gasteiger partial charge in [-0.15, -0.1) is 0 Å². The molecule has 2 atom stereocenters. The summed E-state index contributed by atoms with van der Waals surface area (Å²) in [6.45, 7) is 0.875. The molecule has 0 saturated heterocycles. The molecular formula is C18H22N2O3S. The molecule has 24 heavy (non-hydrogen) atoms. The van der Waals surface area contributed by atoms with Gasteiger partial charge in [0.05, 0.1) is 6.54 Å². The van der Waals surface area contributed by atoms with Crippen molar-refractivity contribution in [2.45, 2.75) is 18.6 Å². The highest BCUT2D eigenvalue weighted by Gasteiger charge is 2.24. The van der Waals surface area contributed by atoms with Gasteiger partial charge in [0.1, 0.15) is 18.8 Å². The predicted octanol–water partition coefficient (Wildman–Crippen LogP) is 2.74. The number of fused-ring (bicyclic) bond motifs is 1. The molecule has 0 aliphatic carbocycles. The molecule has 128 valence electrons. The number of thioether (sulfide) groups is 1. The smallest absolute Gasteiger partial charge is 0.243 e. The van der Waals surface area contributed by atoms with Gasteiger partial charge < -0.3 is 19.4 Å². The molecule has 1 amide bonds. The summed E-state index contributed by atoms with van der Waals surface area (Å²) in [5, 5.41) is 3.01. The van der Waals surface area contributed by atoms with Crippen LogP contribution in [0.2, 0.25) is 0 Å². The van der Waals surface area contributed by atoms with Crippen LogP contribution in [0.3, 0.4) is 0 Å². The molecule has 1 aliphatic heterocycles. The van der Waals surface area contributed by atoms with E-state index >= 15 is 0 Å². The number of carbonyl (C=O) groups excluding carboxylic acids is 1. The molecule has 1 N–H and O–H groups in total. The van der Waals surface area contributed by atoms with Crippen molar-refractivity contribution in [2.75, 3.05) is 25.2 Å². The molecule has 1 aliphatic rings. The summed E-state index contributed by atoms with van der Waals surface area (Å²) in [6, 6.07) is 11.3. The largest absolute Gasteiger partial charge is 0.486 e. The number of carbonyl (C=O) groups is 1. The summed E-state index contributed by atoms with van der Waals surface area (Å²) in [6.07, 6.45) is 6.54. The van der Waals surface area contributed by atoms with Gasteiger partial charge in [0.25, 0.3) is 0 Å². The Morgan fingerprint density at radius 1 is 1.29 bits per heavy atom. The predicted molar refractivity (Wildman–Crippen MR) is 95.8 cm³/mol. The van der Waals surface area contributed by atoms with Crippen LogP contribution in [0.5, 0.6) is 11.5 Å². The van der Waals surface area contributed by atoms with Crippen molar-refractivity contribution in [1.82, 2.24) is 9.88 Å². The van der Waals surface area contributed by atoms with Crippen LogP contribution in [0.25, 0.3) is 0 Å². The lowest BCUT2D eigenvalue weighted by Gasteiger charge is -2.27. The molecular weight excluding hydrogens is 324 g/mol. The minimum atomic E-state index is -0.191. The molecule has 2 aromatic rings. The van der Waals surface area contributed by atoms with Crippen molar-refractivity contribution in [3.05, 3.63) is 48.8 Å². The van der Waals surface area contributed by atoms with E-state index in [1.54, 1.807) is 11.8 Å². The van der Waals surface area contributed by atoms with Gasteiger partial charge in [-0.05, 0) is 42.7 Å².